The van der Waals surface area contributed by atoms with Gasteiger partial charge in [0.15, 0.2) is 0 Å². The number of alkyl halides is 2. The van der Waals surface area contributed by atoms with E-state index in [1.165, 1.54) is 6.07 Å². The molecule has 1 aromatic heterocycles. The summed E-state index contributed by atoms with van der Waals surface area (Å²) in [6.45, 7) is -0.310. The Morgan fingerprint density at radius 2 is 2.20 bits per heavy atom. The van der Waals surface area contributed by atoms with Crippen molar-refractivity contribution in [3.8, 4) is 0 Å². The van der Waals surface area contributed by atoms with E-state index >= 15 is 0 Å². The smallest absolute Gasteiger partial charge is 0.287 e. The maximum Gasteiger partial charge on any atom is 0.287 e. The number of hydrogen-bond donors (Lipinski definition) is 2. The van der Waals surface area contributed by atoms with E-state index in [1.807, 2.05) is 0 Å². The number of aliphatic hydroxyl groups excluding tert-OH is 1. The summed E-state index contributed by atoms with van der Waals surface area (Å²) in [4.78, 5) is 7.63. The maximum absolute atomic E-state index is 12.7. The summed E-state index contributed by atoms with van der Waals surface area (Å²) in [6, 6.07) is 1.34. The molecule has 84 valence electrons. The van der Waals surface area contributed by atoms with Gasteiger partial charge in [-0.25, -0.2) is 18.7 Å². The van der Waals surface area contributed by atoms with E-state index in [0.717, 1.165) is 0 Å². The van der Waals surface area contributed by atoms with Crippen LogP contribution < -0.4 is 5.32 Å². The summed E-state index contributed by atoms with van der Waals surface area (Å²) >= 11 is 5.61. The van der Waals surface area contributed by atoms with Gasteiger partial charge in [0, 0.05) is 6.07 Å². The van der Waals surface area contributed by atoms with Gasteiger partial charge in [-0.2, -0.15) is 0 Å². The Morgan fingerprint density at radius 1 is 1.53 bits per heavy atom. The van der Waals surface area contributed by atoms with Crippen molar-refractivity contribution >= 4 is 17.4 Å². The minimum absolute atomic E-state index is 0.178. The molecule has 0 bridgehead atoms. The lowest BCUT2D eigenvalue weighted by Gasteiger charge is -2.14. The van der Waals surface area contributed by atoms with Crippen molar-refractivity contribution < 1.29 is 13.9 Å². The molecule has 0 radical (unpaired) electrons. The lowest BCUT2D eigenvalue weighted by molar-refractivity contribution is -0.0373. The van der Waals surface area contributed by atoms with Crippen LogP contribution in [0.2, 0.25) is 5.15 Å². The number of nitrogens with zero attached hydrogens (tertiary/aromatic N) is 2. The average Bonchev–Trinajstić information content (AvgIpc) is 2.14. The van der Waals surface area contributed by atoms with Crippen molar-refractivity contribution in [1.82, 2.24) is 9.97 Å². The van der Waals surface area contributed by atoms with E-state index in [2.05, 4.69) is 15.3 Å². The van der Waals surface area contributed by atoms with E-state index in [-0.39, 0.29) is 11.0 Å². The van der Waals surface area contributed by atoms with Gasteiger partial charge < -0.3 is 10.4 Å². The number of aliphatic hydroxyl groups is 1. The van der Waals surface area contributed by atoms with Gasteiger partial charge in [-0.1, -0.05) is 11.6 Å². The van der Waals surface area contributed by atoms with Crippen LogP contribution in [0.15, 0.2) is 6.07 Å². The second kappa shape index (κ2) is 4.67. The van der Waals surface area contributed by atoms with Crippen molar-refractivity contribution in [1.29, 1.82) is 0 Å². The second-order valence-corrected chi connectivity index (χ2v) is 3.38. The van der Waals surface area contributed by atoms with Crippen LogP contribution in [0, 0.1) is 6.92 Å². The van der Waals surface area contributed by atoms with Crippen LogP contribution in [0.4, 0.5) is 14.6 Å². The summed E-state index contributed by atoms with van der Waals surface area (Å²) in [5, 5.41) is 10.9. The first-order valence-corrected chi connectivity index (χ1v) is 4.54. The standard InChI is InChI=1S/C8H10ClF2N3O/c1-5-13-6(9)2-7(14-5)12-3-8(10,11)4-15/h2,15H,3-4H2,1H3,(H,12,13,14). The molecule has 15 heavy (non-hydrogen) atoms. The highest BCUT2D eigenvalue weighted by molar-refractivity contribution is 6.29. The molecular weight excluding hydrogens is 228 g/mol. The van der Waals surface area contributed by atoms with Crippen LogP contribution in [0.25, 0.3) is 0 Å². The highest BCUT2D eigenvalue weighted by Gasteiger charge is 2.27. The van der Waals surface area contributed by atoms with E-state index in [0.29, 0.717) is 5.82 Å². The van der Waals surface area contributed by atoms with E-state index in [1.54, 1.807) is 6.92 Å². The highest BCUT2D eigenvalue weighted by atomic mass is 35.5. The third kappa shape index (κ3) is 3.93. The number of aryl methyl sites for hydroxylation is 1. The van der Waals surface area contributed by atoms with Gasteiger partial charge in [-0.15, -0.1) is 0 Å². The topological polar surface area (TPSA) is 58.0 Å². The molecule has 0 aliphatic rings. The van der Waals surface area contributed by atoms with Crippen LogP contribution in [-0.4, -0.2) is 34.1 Å². The predicted molar refractivity (Wildman–Crippen MR) is 52.3 cm³/mol. The molecule has 0 atom stereocenters. The van der Waals surface area contributed by atoms with Crippen molar-refractivity contribution in [3.63, 3.8) is 0 Å². The van der Waals surface area contributed by atoms with Crippen LogP contribution in [-0.2, 0) is 0 Å². The van der Waals surface area contributed by atoms with Crippen molar-refractivity contribution in [3.05, 3.63) is 17.0 Å². The van der Waals surface area contributed by atoms with Crippen LogP contribution in [0.3, 0.4) is 0 Å². The molecule has 0 saturated heterocycles. The Labute approximate surface area is 90.3 Å². The van der Waals surface area contributed by atoms with Crippen molar-refractivity contribution in [2.24, 2.45) is 0 Å². The Bertz CT molecular complexity index is 328. The van der Waals surface area contributed by atoms with Crippen LogP contribution >= 0.6 is 11.6 Å². The zero-order valence-electron chi connectivity index (χ0n) is 7.97. The van der Waals surface area contributed by atoms with Crippen LogP contribution in [0.5, 0.6) is 0 Å². The SMILES string of the molecule is Cc1nc(Cl)cc(NCC(F)(F)CO)n1. The molecule has 2 N–H and O–H groups in total. The number of halogens is 3. The third-order valence-electron chi connectivity index (χ3n) is 1.57. The lowest BCUT2D eigenvalue weighted by atomic mass is 10.3. The predicted octanol–water partition coefficient (Wildman–Crippen LogP) is 1.48. The van der Waals surface area contributed by atoms with E-state index in [4.69, 9.17) is 16.7 Å². The fourth-order valence-corrected chi connectivity index (χ4v) is 1.12. The van der Waals surface area contributed by atoms with Gasteiger partial charge in [-0.3, -0.25) is 0 Å². The number of hydrogen-bond acceptors (Lipinski definition) is 4. The number of aromatic nitrogens is 2. The minimum Gasteiger partial charge on any atom is -0.390 e. The fraction of sp³-hybridized carbons (Fsp3) is 0.500. The molecule has 0 unspecified atom stereocenters. The molecule has 1 heterocycles. The average molecular weight is 238 g/mol. The Hall–Kier alpha value is -1.01. The summed E-state index contributed by atoms with van der Waals surface area (Å²) in [5.74, 6) is -2.58. The molecule has 0 aliphatic carbocycles. The molecule has 1 aromatic rings. The van der Waals surface area contributed by atoms with Gasteiger partial charge in [-0.05, 0) is 6.92 Å². The molecule has 0 fully saturated rings. The number of rotatable bonds is 4. The molecule has 0 aromatic carbocycles. The monoisotopic (exact) mass is 237 g/mol. The molecule has 4 nitrogen and oxygen atoms in total. The van der Waals surface area contributed by atoms with E-state index in [9.17, 15) is 8.78 Å². The van der Waals surface area contributed by atoms with Gasteiger partial charge >= 0.3 is 0 Å². The molecule has 0 saturated carbocycles. The minimum atomic E-state index is -3.18. The first-order chi connectivity index (χ1) is 6.93. The summed E-state index contributed by atoms with van der Waals surface area (Å²) in [5.41, 5.74) is 0. The molecule has 0 amide bonds. The quantitative estimate of drug-likeness (QED) is 0.779. The fourth-order valence-electron chi connectivity index (χ4n) is 0.898. The normalized spacial score (nSPS) is 11.5. The van der Waals surface area contributed by atoms with E-state index < -0.39 is 19.1 Å². The molecule has 0 spiro atoms. The Kier molecular flexibility index (Phi) is 3.76. The summed E-state index contributed by atoms with van der Waals surface area (Å²) in [6.07, 6.45) is 0. The van der Waals surface area contributed by atoms with Gasteiger partial charge in [0.1, 0.15) is 23.4 Å². The molecular formula is C8H10ClF2N3O. The Morgan fingerprint density at radius 3 is 2.73 bits per heavy atom. The molecule has 7 heteroatoms. The van der Waals surface area contributed by atoms with Crippen LogP contribution in [0.1, 0.15) is 5.82 Å². The highest BCUT2D eigenvalue weighted by Crippen LogP contribution is 2.15. The Balaban J connectivity index is 2.65. The largest absolute Gasteiger partial charge is 0.390 e. The summed E-state index contributed by atoms with van der Waals surface area (Å²) in [7, 11) is 0. The summed E-state index contributed by atoms with van der Waals surface area (Å²) < 4.78 is 25.3. The maximum atomic E-state index is 12.7. The lowest BCUT2D eigenvalue weighted by Crippen LogP contribution is -2.31. The number of anilines is 1. The molecule has 1 rings (SSSR count). The number of nitrogens with one attached hydrogen (secondary N) is 1. The molecule has 0 aliphatic heterocycles. The van der Waals surface area contributed by atoms with Gasteiger partial charge in [0.25, 0.3) is 5.92 Å². The zero-order chi connectivity index (χ0) is 11.5. The second-order valence-electron chi connectivity index (χ2n) is 2.99. The first-order valence-electron chi connectivity index (χ1n) is 4.17. The van der Waals surface area contributed by atoms with Crippen molar-refractivity contribution in [2.45, 2.75) is 12.8 Å². The van der Waals surface area contributed by atoms with Gasteiger partial charge in [0.2, 0.25) is 0 Å². The van der Waals surface area contributed by atoms with Gasteiger partial charge in [0.05, 0.1) is 6.54 Å². The first kappa shape index (κ1) is 12.1. The zero-order valence-corrected chi connectivity index (χ0v) is 8.72. The third-order valence-corrected chi connectivity index (χ3v) is 1.76. The van der Waals surface area contributed by atoms with Crippen molar-refractivity contribution in [2.75, 3.05) is 18.5 Å².